The highest BCUT2D eigenvalue weighted by Gasteiger charge is 2.45. The number of carbonyl (C=O) groups excluding carboxylic acids is 1. The van der Waals surface area contributed by atoms with Crippen molar-refractivity contribution in [1.29, 1.82) is 0 Å². The van der Waals surface area contributed by atoms with Crippen LogP contribution in [0.3, 0.4) is 0 Å². The molecule has 9 heteroatoms. The van der Waals surface area contributed by atoms with Crippen molar-refractivity contribution in [3.05, 3.63) is 0 Å². The molecular weight excluding hydrogens is 384 g/mol. The molecule has 1 aliphatic rings. The van der Waals surface area contributed by atoms with Crippen LogP contribution in [0.2, 0.25) is 0 Å². The lowest BCUT2D eigenvalue weighted by Gasteiger charge is -2.41. The fourth-order valence-electron chi connectivity index (χ4n) is 3.09. The summed E-state index contributed by atoms with van der Waals surface area (Å²) in [6.07, 6.45) is -1.04. The number of hydrogen-bond acceptors (Lipinski definition) is 9. The molecular formula is C20H38O9. The van der Waals surface area contributed by atoms with Crippen LogP contribution >= 0.6 is 0 Å². The van der Waals surface area contributed by atoms with Gasteiger partial charge in [0.2, 0.25) is 0 Å². The molecule has 9 nitrogen and oxygen atoms in total. The number of aliphatic hydroxyl groups excluding tert-OH is 5. The lowest BCUT2D eigenvalue weighted by molar-refractivity contribution is -0.307. The highest BCUT2D eigenvalue weighted by molar-refractivity contribution is 5.69. The Morgan fingerprint density at radius 1 is 0.966 bits per heavy atom. The smallest absolute Gasteiger partial charge is 0.305 e. The predicted octanol–water partition coefficient (Wildman–Crippen LogP) is 0.0953. The fraction of sp³-hybridized carbons (Fsp3) is 0.950. The van der Waals surface area contributed by atoms with E-state index in [2.05, 4.69) is 6.92 Å². The van der Waals surface area contributed by atoms with Gasteiger partial charge < -0.3 is 39.7 Å². The summed E-state index contributed by atoms with van der Waals surface area (Å²) < 4.78 is 16.2. The maximum atomic E-state index is 12.0. The molecule has 0 aromatic heterocycles. The quantitative estimate of drug-likeness (QED) is 0.194. The molecule has 1 heterocycles. The molecule has 0 spiro atoms. The van der Waals surface area contributed by atoms with E-state index in [-0.39, 0.29) is 25.8 Å². The zero-order valence-electron chi connectivity index (χ0n) is 17.5. The first-order valence-corrected chi connectivity index (χ1v) is 10.5. The van der Waals surface area contributed by atoms with Crippen molar-refractivity contribution in [2.75, 3.05) is 26.4 Å². The van der Waals surface area contributed by atoms with E-state index in [1.807, 2.05) is 6.92 Å². The van der Waals surface area contributed by atoms with Crippen LogP contribution in [0.5, 0.6) is 0 Å². The van der Waals surface area contributed by atoms with Gasteiger partial charge in [0.1, 0.15) is 31.0 Å². The van der Waals surface area contributed by atoms with E-state index in [1.54, 1.807) is 0 Å². The minimum Gasteiger partial charge on any atom is -0.465 e. The largest absolute Gasteiger partial charge is 0.465 e. The molecule has 5 N–H and O–H groups in total. The van der Waals surface area contributed by atoms with Crippen molar-refractivity contribution >= 4 is 5.97 Å². The number of esters is 1. The molecule has 0 bridgehead atoms. The van der Waals surface area contributed by atoms with Crippen molar-refractivity contribution in [1.82, 2.24) is 0 Å². The molecule has 0 saturated carbocycles. The topological polar surface area (TPSA) is 146 Å². The van der Waals surface area contributed by atoms with E-state index in [4.69, 9.17) is 14.2 Å². The maximum absolute atomic E-state index is 12.0. The Labute approximate surface area is 172 Å². The van der Waals surface area contributed by atoms with Crippen LogP contribution in [-0.4, -0.2) is 88.6 Å². The summed E-state index contributed by atoms with van der Waals surface area (Å²) in [6.45, 7) is 2.91. The lowest BCUT2D eigenvalue weighted by Crippen LogP contribution is -2.59. The van der Waals surface area contributed by atoms with Crippen molar-refractivity contribution in [2.24, 2.45) is 5.41 Å². The zero-order valence-corrected chi connectivity index (χ0v) is 17.5. The number of carbonyl (C=O) groups is 1. The van der Waals surface area contributed by atoms with Gasteiger partial charge in [-0.3, -0.25) is 4.79 Å². The third-order valence-corrected chi connectivity index (χ3v) is 5.51. The van der Waals surface area contributed by atoms with E-state index in [1.165, 1.54) is 0 Å². The standard InChI is InChI=1S/C20H38O9/c1-3-5-6-7-8-9-15(23)27-12-20(4-2,11-22)13-28-19-18(26)17(25)16(24)14(10-21)29-19/h14,16-19,21-22,24-26H,3-13H2,1-2H3/t14-,16-,17+,18-,19+,20?/m1/s1. The number of ether oxygens (including phenoxy) is 3. The second-order valence-corrected chi connectivity index (χ2v) is 7.84. The fourth-order valence-corrected chi connectivity index (χ4v) is 3.09. The van der Waals surface area contributed by atoms with E-state index in [0.29, 0.717) is 12.8 Å². The Bertz CT molecular complexity index is 453. The van der Waals surface area contributed by atoms with E-state index >= 15 is 0 Å². The molecule has 0 amide bonds. The van der Waals surface area contributed by atoms with Crippen LogP contribution in [0.1, 0.15) is 58.8 Å². The molecule has 6 atom stereocenters. The molecule has 0 aromatic carbocycles. The van der Waals surface area contributed by atoms with Gasteiger partial charge in [0.25, 0.3) is 0 Å². The molecule has 0 aromatic rings. The van der Waals surface area contributed by atoms with Crippen LogP contribution in [-0.2, 0) is 19.0 Å². The van der Waals surface area contributed by atoms with Gasteiger partial charge in [0, 0.05) is 6.42 Å². The first-order valence-electron chi connectivity index (χ1n) is 10.5. The number of unbranched alkanes of at least 4 members (excludes halogenated alkanes) is 4. The number of aliphatic hydroxyl groups is 5. The first-order chi connectivity index (χ1) is 13.8. The molecule has 1 saturated heterocycles. The van der Waals surface area contributed by atoms with E-state index < -0.39 is 42.7 Å². The molecule has 1 fully saturated rings. The SMILES string of the molecule is CCCCCCCC(=O)OCC(CC)(CO)CO[C@H]1O[C@H](CO)[C@@H](O)[C@H](O)[C@H]1O. The number of rotatable bonds is 14. The molecule has 1 rings (SSSR count). The van der Waals surface area contributed by atoms with Gasteiger partial charge in [-0.2, -0.15) is 0 Å². The summed E-state index contributed by atoms with van der Waals surface area (Å²) in [6, 6.07) is 0. The average molecular weight is 423 g/mol. The highest BCUT2D eigenvalue weighted by Crippen LogP contribution is 2.27. The van der Waals surface area contributed by atoms with Crippen LogP contribution in [0.15, 0.2) is 0 Å². The van der Waals surface area contributed by atoms with Crippen LogP contribution in [0.25, 0.3) is 0 Å². The van der Waals surface area contributed by atoms with E-state index in [0.717, 1.165) is 32.1 Å². The lowest BCUT2D eigenvalue weighted by atomic mass is 9.88. The van der Waals surface area contributed by atoms with Gasteiger partial charge in [-0.25, -0.2) is 0 Å². The Hall–Kier alpha value is -0.810. The van der Waals surface area contributed by atoms with Crippen LogP contribution in [0, 0.1) is 5.41 Å². The van der Waals surface area contributed by atoms with Gasteiger partial charge in [-0.1, -0.05) is 39.5 Å². The molecule has 0 aliphatic carbocycles. The second kappa shape index (κ2) is 13.5. The predicted molar refractivity (Wildman–Crippen MR) is 104 cm³/mol. The maximum Gasteiger partial charge on any atom is 0.305 e. The Kier molecular flexibility index (Phi) is 12.2. The summed E-state index contributed by atoms with van der Waals surface area (Å²) >= 11 is 0. The molecule has 1 aliphatic heterocycles. The van der Waals surface area contributed by atoms with Crippen molar-refractivity contribution in [2.45, 2.75) is 89.5 Å². The molecule has 0 radical (unpaired) electrons. The van der Waals surface area contributed by atoms with Gasteiger partial charge in [0.15, 0.2) is 6.29 Å². The second-order valence-electron chi connectivity index (χ2n) is 7.84. The number of hydrogen-bond donors (Lipinski definition) is 5. The monoisotopic (exact) mass is 422 g/mol. The summed E-state index contributed by atoms with van der Waals surface area (Å²) in [4.78, 5) is 12.0. The molecule has 172 valence electrons. The summed E-state index contributed by atoms with van der Waals surface area (Å²) in [5, 5.41) is 48.8. The van der Waals surface area contributed by atoms with Crippen molar-refractivity contribution in [3.8, 4) is 0 Å². The Morgan fingerprint density at radius 3 is 2.24 bits per heavy atom. The van der Waals surface area contributed by atoms with Gasteiger partial charge in [-0.15, -0.1) is 0 Å². The summed E-state index contributed by atoms with van der Waals surface area (Å²) in [7, 11) is 0. The average Bonchev–Trinajstić information content (AvgIpc) is 2.73. The van der Waals surface area contributed by atoms with Crippen LogP contribution in [0.4, 0.5) is 0 Å². The van der Waals surface area contributed by atoms with E-state index in [9.17, 15) is 30.3 Å². The summed E-state index contributed by atoms with van der Waals surface area (Å²) in [5.41, 5.74) is -0.892. The highest BCUT2D eigenvalue weighted by atomic mass is 16.7. The molecule has 29 heavy (non-hydrogen) atoms. The van der Waals surface area contributed by atoms with Crippen molar-refractivity contribution < 1.29 is 44.5 Å². The van der Waals surface area contributed by atoms with Gasteiger partial charge >= 0.3 is 5.97 Å². The Balaban J connectivity index is 2.52. The van der Waals surface area contributed by atoms with Gasteiger partial charge in [-0.05, 0) is 12.8 Å². The zero-order chi connectivity index (χ0) is 21.9. The first kappa shape index (κ1) is 26.2. The van der Waals surface area contributed by atoms with Gasteiger partial charge in [0.05, 0.1) is 25.2 Å². The van der Waals surface area contributed by atoms with Crippen molar-refractivity contribution in [3.63, 3.8) is 0 Å². The van der Waals surface area contributed by atoms with Crippen LogP contribution < -0.4 is 0 Å². The third-order valence-electron chi connectivity index (χ3n) is 5.51. The minimum absolute atomic E-state index is 0.0504. The summed E-state index contributed by atoms with van der Waals surface area (Å²) in [5.74, 6) is -0.333. The minimum atomic E-state index is -1.54. The normalized spacial score (nSPS) is 29.4. The Morgan fingerprint density at radius 2 is 1.66 bits per heavy atom. The third kappa shape index (κ3) is 8.09. The molecule has 1 unspecified atom stereocenters.